The molecule has 8 nitrogen and oxygen atoms in total. The van der Waals surface area contributed by atoms with Crippen molar-refractivity contribution in [2.24, 2.45) is 0 Å². The van der Waals surface area contributed by atoms with Crippen molar-refractivity contribution in [3.05, 3.63) is 24.3 Å². The maximum atomic E-state index is 12.7. The van der Waals surface area contributed by atoms with Crippen LogP contribution in [-0.4, -0.2) is 62.3 Å². The molecule has 0 spiro atoms. The first-order chi connectivity index (χ1) is 12.5. The van der Waals surface area contributed by atoms with E-state index in [1.807, 2.05) is 0 Å². The maximum absolute atomic E-state index is 12.7. The lowest BCUT2D eigenvalue weighted by Crippen LogP contribution is -2.46. The number of anilines is 1. The quantitative estimate of drug-likeness (QED) is 0.722. The molecule has 3 N–H and O–H groups in total. The molecule has 2 fully saturated rings. The molecule has 1 aromatic carbocycles. The zero-order chi connectivity index (χ0) is 18.6. The van der Waals surface area contributed by atoms with Gasteiger partial charge in [-0.1, -0.05) is 18.9 Å². The highest BCUT2D eigenvalue weighted by Gasteiger charge is 2.27. The van der Waals surface area contributed by atoms with Gasteiger partial charge in [0.15, 0.2) is 0 Å². The Morgan fingerprint density at radius 2 is 1.92 bits per heavy atom. The van der Waals surface area contributed by atoms with Crippen molar-refractivity contribution < 1.29 is 23.1 Å². The summed E-state index contributed by atoms with van der Waals surface area (Å²) in [5.74, 6) is 0. The topological polar surface area (TPSA) is 108 Å². The Morgan fingerprint density at radius 1 is 1.19 bits per heavy atom. The van der Waals surface area contributed by atoms with E-state index >= 15 is 0 Å². The molecule has 9 heteroatoms. The minimum atomic E-state index is -3.61. The van der Waals surface area contributed by atoms with Gasteiger partial charge in [0.05, 0.1) is 30.3 Å². The van der Waals surface area contributed by atoms with Crippen LogP contribution in [0.15, 0.2) is 29.2 Å². The van der Waals surface area contributed by atoms with Gasteiger partial charge in [0.2, 0.25) is 10.0 Å². The van der Waals surface area contributed by atoms with Crippen LogP contribution in [0.5, 0.6) is 0 Å². The molecule has 1 saturated heterocycles. The largest absolute Gasteiger partial charge is 0.391 e. The summed E-state index contributed by atoms with van der Waals surface area (Å²) >= 11 is 0. The van der Waals surface area contributed by atoms with E-state index in [9.17, 15) is 18.3 Å². The summed E-state index contributed by atoms with van der Waals surface area (Å²) in [4.78, 5) is 12.3. The average molecular weight is 383 g/mol. The van der Waals surface area contributed by atoms with E-state index in [-0.39, 0.29) is 10.9 Å². The number of ether oxygens (including phenoxy) is 1. The molecule has 0 bridgehead atoms. The third-order valence-corrected chi connectivity index (χ3v) is 6.64. The molecule has 0 unspecified atom stereocenters. The van der Waals surface area contributed by atoms with Gasteiger partial charge >= 0.3 is 6.03 Å². The van der Waals surface area contributed by atoms with Crippen molar-refractivity contribution >= 4 is 21.7 Å². The number of hydrogen-bond acceptors (Lipinski definition) is 5. The second kappa shape index (κ2) is 8.34. The van der Waals surface area contributed by atoms with Crippen molar-refractivity contribution in [1.29, 1.82) is 0 Å². The molecule has 144 valence electrons. The minimum absolute atomic E-state index is 0.134. The monoisotopic (exact) mass is 383 g/mol. The van der Waals surface area contributed by atoms with E-state index in [4.69, 9.17) is 4.74 Å². The normalized spacial score (nSPS) is 24.8. The van der Waals surface area contributed by atoms with E-state index in [2.05, 4.69) is 10.6 Å². The Bertz CT molecular complexity index is 734. The lowest BCUT2D eigenvalue weighted by molar-refractivity contribution is 0.0730. The summed E-state index contributed by atoms with van der Waals surface area (Å²) in [5.41, 5.74) is 0.391. The number of morpholine rings is 1. The number of amides is 2. The molecule has 2 aliphatic rings. The van der Waals surface area contributed by atoms with E-state index in [1.165, 1.54) is 16.4 Å². The molecule has 26 heavy (non-hydrogen) atoms. The molecular formula is C17H25N3O5S. The highest BCUT2D eigenvalue weighted by molar-refractivity contribution is 7.89. The molecule has 1 aliphatic heterocycles. The number of nitrogens with one attached hydrogen (secondary N) is 2. The van der Waals surface area contributed by atoms with Crippen LogP contribution in [0, 0.1) is 0 Å². The third-order valence-electron chi connectivity index (χ3n) is 4.75. The van der Waals surface area contributed by atoms with E-state index in [0.29, 0.717) is 38.4 Å². The SMILES string of the molecule is O=C(Nc1cccc(S(=O)(=O)N2CCOCC2)c1)N[C@@H]1CCCC[C@@H]1O. The number of aliphatic hydroxyl groups excluding tert-OH is 1. The average Bonchev–Trinajstić information content (AvgIpc) is 2.64. The van der Waals surface area contributed by atoms with Gasteiger partial charge in [-0.25, -0.2) is 13.2 Å². The van der Waals surface area contributed by atoms with E-state index in [0.717, 1.165) is 19.3 Å². The molecule has 1 aliphatic carbocycles. The lowest BCUT2D eigenvalue weighted by atomic mass is 9.93. The third kappa shape index (κ3) is 4.53. The van der Waals surface area contributed by atoms with Gasteiger partial charge < -0.3 is 20.5 Å². The smallest absolute Gasteiger partial charge is 0.319 e. The molecule has 2 amide bonds. The van der Waals surface area contributed by atoms with Crippen molar-refractivity contribution in [3.8, 4) is 0 Å². The first-order valence-corrected chi connectivity index (χ1v) is 10.3. The fourth-order valence-electron chi connectivity index (χ4n) is 3.29. The number of benzene rings is 1. The lowest BCUT2D eigenvalue weighted by Gasteiger charge is -2.28. The first kappa shape index (κ1) is 19.1. The van der Waals surface area contributed by atoms with Crippen LogP contribution in [0.4, 0.5) is 10.5 Å². The Balaban J connectivity index is 1.66. The summed E-state index contributed by atoms with van der Waals surface area (Å²) in [7, 11) is -3.61. The molecule has 3 rings (SSSR count). The van der Waals surface area contributed by atoms with Gasteiger partial charge in [0.25, 0.3) is 0 Å². The summed E-state index contributed by atoms with van der Waals surface area (Å²) < 4.78 is 32.0. The first-order valence-electron chi connectivity index (χ1n) is 8.90. The number of carbonyl (C=O) groups excluding carboxylic acids is 1. The molecular weight excluding hydrogens is 358 g/mol. The number of hydrogen-bond donors (Lipinski definition) is 3. The predicted molar refractivity (Wildman–Crippen MR) is 96.4 cm³/mol. The standard InChI is InChI=1S/C17H25N3O5S/c21-16-7-2-1-6-15(16)19-17(22)18-13-4-3-5-14(12-13)26(23,24)20-8-10-25-11-9-20/h3-5,12,15-16,21H,1-2,6-11H2,(H2,18,19,22)/t15-,16+/m1/s1. The fraction of sp³-hybridized carbons (Fsp3) is 0.588. The number of urea groups is 1. The van der Waals surface area contributed by atoms with E-state index in [1.54, 1.807) is 12.1 Å². The Hall–Kier alpha value is -1.68. The van der Waals surface area contributed by atoms with Crippen molar-refractivity contribution in [1.82, 2.24) is 9.62 Å². The highest BCUT2D eigenvalue weighted by Crippen LogP contribution is 2.21. The van der Waals surface area contributed by atoms with Crippen LogP contribution in [0.2, 0.25) is 0 Å². The van der Waals surface area contributed by atoms with Crippen molar-refractivity contribution in [2.75, 3.05) is 31.6 Å². The summed E-state index contributed by atoms with van der Waals surface area (Å²) in [6, 6.07) is 5.47. The molecule has 0 radical (unpaired) electrons. The Labute approximate surface area is 153 Å². The number of carbonyl (C=O) groups is 1. The van der Waals surface area contributed by atoms with Crippen molar-refractivity contribution in [3.63, 3.8) is 0 Å². The van der Waals surface area contributed by atoms with E-state index < -0.39 is 22.2 Å². The summed E-state index contributed by atoms with van der Waals surface area (Å²) in [5, 5.41) is 15.4. The second-order valence-corrected chi connectivity index (χ2v) is 8.54. The van der Waals surface area contributed by atoms with Crippen LogP contribution in [0.1, 0.15) is 25.7 Å². The van der Waals surface area contributed by atoms with Gasteiger partial charge in [-0.2, -0.15) is 4.31 Å². The van der Waals surface area contributed by atoms with Gasteiger partial charge in [0.1, 0.15) is 0 Å². The van der Waals surface area contributed by atoms with Gasteiger partial charge in [-0.3, -0.25) is 0 Å². The van der Waals surface area contributed by atoms with Crippen LogP contribution >= 0.6 is 0 Å². The number of rotatable bonds is 4. The number of sulfonamides is 1. The maximum Gasteiger partial charge on any atom is 0.319 e. The Morgan fingerprint density at radius 3 is 2.65 bits per heavy atom. The molecule has 0 aromatic heterocycles. The molecule has 1 heterocycles. The van der Waals surface area contributed by atoms with Crippen LogP contribution in [0.25, 0.3) is 0 Å². The zero-order valence-electron chi connectivity index (χ0n) is 14.6. The van der Waals surface area contributed by atoms with Crippen molar-refractivity contribution in [2.45, 2.75) is 42.7 Å². The van der Waals surface area contributed by atoms with Gasteiger partial charge in [-0.05, 0) is 31.0 Å². The number of aliphatic hydroxyl groups is 1. The molecule has 2 atom stereocenters. The van der Waals surface area contributed by atoms with Gasteiger partial charge in [-0.15, -0.1) is 0 Å². The fourth-order valence-corrected chi connectivity index (χ4v) is 4.74. The summed E-state index contributed by atoms with van der Waals surface area (Å²) in [6.45, 7) is 1.40. The minimum Gasteiger partial charge on any atom is -0.391 e. The van der Waals surface area contributed by atoms with Crippen LogP contribution in [0.3, 0.4) is 0 Å². The highest BCUT2D eigenvalue weighted by atomic mass is 32.2. The van der Waals surface area contributed by atoms with Crippen LogP contribution < -0.4 is 10.6 Å². The van der Waals surface area contributed by atoms with Gasteiger partial charge in [0, 0.05) is 18.8 Å². The summed E-state index contributed by atoms with van der Waals surface area (Å²) in [6.07, 6.45) is 2.80. The molecule has 1 aromatic rings. The molecule has 1 saturated carbocycles. The zero-order valence-corrected chi connectivity index (χ0v) is 15.4. The van der Waals surface area contributed by atoms with Crippen LogP contribution in [-0.2, 0) is 14.8 Å². The second-order valence-electron chi connectivity index (χ2n) is 6.60. The number of nitrogens with zero attached hydrogens (tertiary/aromatic N) is 1. The predicted octanol–water partition coefficient (Wildman–Crippen LogP) is 1.13. The Kier molecular flexibility index (Phi) is 6.13.